The average molecular weight is 284 g/mol. The minimum absolute atomic E-state index is 0.361. The van der Waals surface area contributed by atoms with Crippen LogP contribution in [0, 0.1) is 0 Å². The van der Waals surface area contributed by atoms with Crippen molar-refractivity contribution in [3.8, 4) is 16.9 Å². The molecule has 1 heterocycles. The molecule has 100 valence electrons. The molecular weight excluding hydrogens is 272 g/mol. The van der Waals surface area contributed by atoms with Crippen LogP contribution in [0.3, 0.4) is 0 Å². The van der Waals surface area contributed by atoms with Crippen molar-refractivity contribution in [2.75, 3.05) is 7.11 Å². The fraction of sp³-hybridized carbons (Fsp3) is 0.0625. The maximum absolute atomic E-state index is 11.3. The van der Waals surface area contributed by atoms with Crippen LogP contribution in [0.1, 0.15) is 9.67 Å². The number of aromatic carboxylic acids is 1. The Kier molecular flexibility index (Phi) is 3.16. The van der Waals surface area contributed by atoms with E-state index in [1.807, 2.05) is 42.5 Å². The Morgan fingerprint density at radius 2 is 1.80 bits per heavy atom. The Hall–Kier alpha value is -2.33. The first-order valence-electron chi connectivity index (χ1n) is 6.09. The Balaban J connectivity index is 2.32. The lowest BCUT2D eigenvalue weighted by Gasteiger charge is -2.10. The smallest absolute Gasteiger partial charge is 0.346 e. The molecule has 4 heteroatoms. The van der Waals surface area contributed by atoms with Crippen LogP contribution in [0.15, 0.2) is 47.8 Å². The molecule has 0 amide bonds. The van der Waals surface area contributed by atoms with Gasteiger partial charge in [-0.3, -0.25) is 0 Å². The Morgan fingerprint density at radius 3 is 2.50 bits per heavy atom. The van der Waals surface area contributed by atoms with Crippen molar-refractivity contribution >= 4 is 28.1 Å². The molecule has 1 aromatic heterocycles. The van der Waals surface area contributed by atoms with Gasteiger partial charge < -0.3 is 9.84 Å². The molecule has 0 aliphatic heterocycles. The average Bonchev–Trinajstić information content (AvgIpc) is 2.95. The van der Waals surface area contributed by atoms with Crippen LogP contribution in [0.4, 0.5) is 0 Å². The van der Waals surface area contributed by atoms with Gasteiger partial charge in [0.1, 0.15) is 10.6 Å². The molecule has 1 N–H and O–H groups in total. The van der Waals surface area contributed by atoms with E-state index in [-0.39, 0.29) is 0 Å². The fourth-order valence-electron chi connectivity index (χ4n) is 2.37. The van der Waals surface area contributed by atoms with E-state index in [2.05, 4.69) is 0 Å². The number of fused-ring (bicyclic) bond motifs is 1. The molecule has 0 atom stereocenters. The van der Waals surface area contributed by atoms with Crippen molar-refractivity contribution in [2.24, 2.45) is 0 Å². The van der Waals surface area contributed by atoms with Gasteiger partial charge in [-0.1, -0.05) is 24.3 Å². The first-order valence-corrected chi connectivity index (χ1v) is 6.97. The van der Waals surface area contributed by atoms with Crippen LogP contribution < -0.4 is 4.74 Å². The third-order valence-electron chi connectivity index (χ3n) is 3.25. The summed E-state index contributed by atoms with van der Waals surface area (Å²) in [6.45, 7) is 0. The summed E-state index contributed by atoms with van der Waals surface area (Å²) in [5.74, 6) is -0.105. The number of hydrogen-bond acceptors (Lipinski definition) is 3. The van der Waals surface area contributed by atoms with E-state index < -0.39 is 5.97 Å². The molecule has 0 aliphatic carbocycles. The number of hydrogen-bond donors (Lipinski definition) is 1. The molecule has 0 fully saturated rings. The van der Waals surface area contributed by atoms with Gasteiger partial charge in [0.15, 0.2) is 0 Å². The number of methoxy groups -OCH3 is 1. The monoisotopic (exact) mass is 284 g/mol. The van der Waals surface area contributed by atoms with E-state index in [4.69, 9.17) is 4.74 Å². The molecule has 20 heavy (non-hydrogen) atoms. The predicted molar refractivity (Wildman–Crippen MR) is 80.8 cm³/mol. The molecule has 3 rings (SSSR count). The van der Waals surface area contributed by atoms with Crippen molar-refractivity contribution in [2.45, 2.75) is 0 Å². The molecule has 0 aliphatic rings. The van der Waals surface area contributed by atoms with Crippen LogP contribution >= 0.6 is 11.3 Å². The second-order valence-corrected chi connectivity index (χ2v) is 5.25. The lowest BCUT2D eigenvalue weighted by atomic mass is 9.98. The quantitative estimate of drug-likeness (QED) is 0.781. The zero-order valence-electron chi connectivity index (χ0n) is 10.8. The predicted octanol–water partition coefficient (Wildman–Crippen LogP) is 4.28. The molecule has 2 aromatic carbocycles. The highest BCUT2D eigenvalue weighted by Gasteiger charge is 2.16. The van der Waals surface area contributed by atoms with E-state index in [9.17, 15) is 9.90 Å². The molecule has 0 saturated carbocycles. The van der Waals surface area contributed by atoms with Crippen molar-refractivity contribution in [3.05, 3.63) is 52.7 Å². The highest BCUT2D eigenvalue weighted by molar-refractivity contribution is 7.12. The molecule has 0 unspecified atom stereocenters. The van der Waals surface area contributed by atoms with Crippen LogP contribution in [0.2, 0.25) is 0 Å². The lowest BCUT2D eigenvalue weighted by Crippen LogP contribution is -1.95. The first kappa shape index (κ1) is 12.7. The minimum Gasteiger partial charge on any atom is -0.496 e. The topological polar surface area (TPSA) is 46.5 Å². The summed E-state index contributed by atoms with van der Waals surface area (Å²) < 4.78 is 5.36. The third-order valence-corrected chi connectivity index (χ3v) is 4.16. The van der Waals surface area contributed by atoms with Gasteiger partial charge in [-0.05, 0) is 34.5 Å². The second kappa shape index (κ2) is 4.98. The summed E-state index contributed by atoms with van der Waals surface area (Å²) >= 11 is 1.24. The zero-order chi connectivity index (χ0) is 14.1. The second-order valence-electron chi connectivity index (χ2n) is 4.33. The van der Waals surface area contributed by atoms with Gasteiger partial charge in [0, 0.05) is 10.9 Å². The van der Waals surface area contributed by atoms with Crippen LogP contribution in [0.5, 0.6) is 5.75 Å². The third kappa shape index (κ3) is 1.94. The van der Waals surface area contributed by atoms with E-state index in [0.29, 0.717) is 4.88 Å². The van der Waals surface area contributed by atoms with E-state index in [0.717, 1.165) is 27.6 Å². The van der Waals surface area contributed by atoms with Gasteiger partial charge >= 0.3 is 5.97 Å². The fourth-order valence-corrected chi connectivity index (χ4v) is 3.12. The molecule has 0 spiro atoms. The maximum Gasteiger partial charge on any atom is 0.346 e. The van der Waals surface area contributed by atoms with Crippen molar-refractivity contribution in [1.82, 2.24) is 0 Å². The number of benzene rings is 2. The van der Waals surface area contributed by atoms with Gasteiger partial charge in [0.25, 0.3) is 0 Å². The number of ether oxygens (including phenoxy) is 1. The SMILES string of the molecule is COc1ccc(-c2ccsc2C(=O)O)c2ccccc12. The van der Waals surface area contributed by atoms with Crippen molar-refractivity contribution < 1.29 is 14.6 Å². The number of carboxylic acid groups (broad SMARTS) is 1. The number of carbonyl (C=O) groups is 1. The highest BCUT2D eigenvalue weighted by Crippen LogP contribution is 2.37. The number of rotatable bonds is 3. The van der Waals surface area contributed by atoms with Gasteiger partial charge in [-0.2, -0.15) is 0 Å². The molecule has 3 aromatic rings. The van der Waals surface area contributed by atoms with Gasteiger partial charge in [-0.25, -0.2) is 4.79 Å². The van der Waals surface area contributed by atoms with E-state index in [1.165, 1.54) is 11.3 Å². The maximum atomic E-state index is 11.3. The zero-order valence-corrected chi connectivity index (χ0v) is 11.6. The molecular formula is C16H12O3S. The number of carboxylic acids is 1. The highest BCUT2D eigenvalue weighted by atomic mass is 32.1. The van der Waals surface area contributed by atoms with E-state index >= 15 is 0 Å². The van der Waals surface area contributed by atoms with Crippen LogP contribution in [-0.2, 0) is 0 Å². The molecule has 0 saturated heterocycles. The van der Waals surface area contributed by atoms with Crippen molar-refractivity contribution in [1.29, 1.82) is 0 Å². The largest absolute Gasteiger partial charge is 0.496 e. The Labute approximate surface area is 120 Å². The molecule has 0 bridgehead atoms. The minimum atomic E-state index is -0.894. The Bertz CT molecular complexity index is 789. The van der Waals surface area contributed by atoms with Crippen LogP contribution in [-0.4, -0.2) is 18.2 Å². The van der Waals surface area contributed by atoms with Gasteiger partial charge in [-0.15, -0.1) is 11.3 Å². The van der Waals surface area contributed by atoms with Crippen LogP contribution in [0.25, 0.3) is 21.9 Å². The van der Waals surface area contributed by atoms with Gasteiger partial charge in [0.2, 0.25) is 0 Å². The standard InChI is InChI=1S/C16H12O3S/c1-19-14-7-6-11(10-4-2-3-5-12(10)14)13-8-9-20-15(13)16(17)18/h2-9H,1H3,(H,17,18). The summed E-state index contributed by atoms with van der Waals surface area (Å²) in [7, 11) is 1.63. The summed E-state index contributed by atoms with van der Waals surface area (Å²) in [4.78, 5) is 11.7. The lowest BCUT2D eigenvalue weighted by molar-refractivity contribution is 0.0703. The summed E-state index contributed by atoms with van der Waals surface area (Å²) in [5.41, 5.74) is 1.67. The number of thiophene rings is 1. The summed E-state index contributed by atoms with van der Waals surface area (Å²) in [6, 6.07) is 13.5. The summed E-state index contributed by atoms with van der Waals surface area (Å²) in [5, 5.41) is 13.1. The normalized spacial score (nSPS) is 10.7. The van der Waals surface area contributed by atoms with Crippen molar-refractivity contribution in [3.63, 3.8) is 0 Å². The first-order chi connectivity index (χ1) is 9.72. The molecule has 0 radical (unpaired) electrons. The van der Waals surface area contributed by atoms with E-state index in [1.54, 1.807) is 12.5 Å². The summed E-state index contributed by atoms with van der Waals surface area (Å²) in [6.07, 6.45) is 0. The van der Waals surface area contributed by atoms with Gasteiger partial charge in [0.05, 0.1) is 7.11 Å². The molecule has 3 nitrogen and oxygen atoms in total. The Morgan fingerprint density at radius 1 is 1.05 bits per heavy atom.